The molecule has 4 rings (SSSR count). The highest BCUT2D eigenvalue weighted by Crippen LogP contribution is 2.36. The minimum Gasteiger partial charge on any atom is -0.329 e. The first-order valence-electron chi connectivity index (χ1n) is 9.09. The lowest BCUT2D eigenvalue weighted by Gasteiger charge is -2.33. The maximum Gasteiger partial charge on any atom is 0.322 e. The van der Waals surface area contributed by atoms with Crippen LogP contribution in [0.3, 0.4) is 0 Å². The van der Waals surface area contributed by atoms with Crippen LogP contribution in [0.5, 0.6) is 0 Å². The number of nitrogens with zero attached hydrogens (tertiary/aromatic N) is 2. The molecule has 0 fully saturated rings. The molecule has 2 aliphatic heterocycles. The number of carbonyl (C=O) groups excluding carboxylic acids is 2. The highest BCUT2D eigenvalue weighted by atomic mass is 19.1. The summed E-state index contributed by atoms with van der Waals surface area (Å²) in [5, 5.41) is 2.95. The second-order valence-electron chi connectivity index (χ2n) is 6.84. The van der Waals surface area contributed by atoms with Crippen LogP contribution in [0.2, 0.25) is 0 Å². The molecule has 1 atom stereocenters. The topological polar surface area (TPSA) is 52.7 Å². The van der Waals surface area contributed by atoms with Gasteiger partial charge in [-0.2, -0.15) is 0 Å². The third kappa shape index (κ3) is 3.17. The summed E-state index contributed by atoms with van der Waals surface area (Å²) in [4.78, 5) is 29.2. The van der Waals surface area contributed by atoms with Crippen molar-refractivity contribution in [2.24, 2.45) is 0 Å². The van der Waals surface area contributed by atoms with Gasteiger partial charge < -0.3 is 10.2 Å². The third-order valence-electron chi connectivity index (χ3n) is 5.03. The largest absolute Gasteiger partial charge is 0.329 e. The number of amides is 3. The minimum absolute atomic E-state index is 0.123. The number of rotatable bonds is 5. The van der Waals surface area contributed by atoms with Crippen molar-refractivity contribution in [2.75, 3.05) is 13.1 Å². The van der Waals surface area contributed by atoms with Gasteiger partial charge in [0.15, 0.2) is 0 Å². The molecular formula is C22H20FN3O2. The van der Waals surface area contributed by atoms with Gasteiger partial charge in [0.25, 0.3) is 5.91 Å². The summed E-state index contributed by atoms with van der Waals surface area (Å²) >= 11 is 0. The first kappa shape index (κ1) is 18.0. The van der Waals surface area contributed by atoms with E-state index in [1.165, 1.54) is 12.1 Å². The SMILES string of the molecule is C=CCN1C(=O)N[C@H](c2ccccc2)C2=C1CN(Cc1ccc(F)cc1)C2=O. The Hall–Kier alpha value is -3.41. The molecule has 2 aliphatic rings. The zero-order chi connectivity index (χ0) is 19.7. The van der Waals surface area contributed by atoms with Gasteiger partial charge in [-0.15, -0.1) is 6.58 Å². The lowest BCUT2D eigenvalue weighted by molar-refractivity contribution is -0.126. The highest BCUT2D eigenvalue weighted by Gasteiger charge is 2.43. The van der Waals surface area contributed by atoms with Crippen molar-refractivity contribution in [1.29, 1.82) is 0 Å². The number of hydrogen-bond donors (Lipinski definition) is 1. The van der Waals surface area contributed by atoms with Crippen molar-refractivity contribution < 1.29 is 14.0 Å². The standard InChI is InChI=1S/C22H20FN3O2/c1-2-12-26-18-14-25(13-15-8-10-17(23)11-9-15)21(27)19(18)20(24-22(26)28)16-6-4-3-5-7-16/h2-11,20H,1,12-14H2,(H,24,28)/t20-/m1/s1. The Morgan fingerprint density at radius 1 is 1.11 bits per heavy atom. The molecule has 3 amide bonds. The monoisotopic (exact) mass is 377 g/mol. The van der Waals surface area contributed by atoms with Gasteiger partial charge in [0.2, 0.25) is 0 Å². The molecule has 1 N–H and O–H groups in total. The van der Waals surface area contributed by atoms with Gasteiger partial charge in [-0.05, 0) is 23.3 Å². The van der Waals surface area contributed by atoms with Crippen molar-refractivity contribution in [3.05, 3.63) is 95.5 Å². The maximum atomic E-state index is 13.2. The molecule has 2 heterocycles. The lowest BCUT2D eigenvalue weighted by Crippen LogP contribution is -2.47. The lowest BCUT2D eigenvalue weighted by atomic mass is 9.95. The van der Waals surface area contributed by atoms with E-state index in [0.717, 1.165) is 11.1 Å². The average molecular weight is 377 g/mol. The predicted molar refractivity (Wildman–Crippen MR) is 103 cm³/mol. The Labute approximate surface area is 162 Å². The van der Waals surface area contributed by atoms with Crippen LogP contribution < -0.4 is 5.32 Å². The zero-order valence-electron chi connectivity index (χ0n) is 15.3. The molecule has 0 radical (unpaired) electrons. The fraction of sp³-hybridized carbons (Fsp3) is 0.182. The second kappa shape index (κ2) is 7.31. The van der Waals surface area contributed by atoms with Gasteiger partial charge in [0.05, 0.1) is 23.9 Å². The van der Waals surface area contributed by atoms with Crippen LogP contribution in [0.4, 0.5) is 9.18 Å². The molecule has 0 saturated heterocycles. The first-order chi connectivity index (χ1) is 13.6. The molecule has 0 unspecified atom stereocenters. The number of urea groups is 1. The summed E-state index contributed by atoms with van der Waals surface area (Å²) < 4.78 is 13.2. The molecule has 28 heavy (non-hydrogen) atoms. The molecule has 6 heteroatoms. The van der Waals surface area contributed by atoms with Gasteiger partial charge in [-0.25, -0.2) is 9.18 Å². The Kier molecular flexibility index (Phi) is 4.69. The molecule has 0 aromatic heterocycles. The number of nitrogens with one attached hydrogen (secondary N) is 1. The second-order valence-corrected chi connectivity index (χ2v) is 6.84. The van der Waals surface area contributed by atoms with Crippen molar-refractivity contribution in [1.82, 2.24) is 15.1 Å². The van der Waals surface area contributed by atoms with Crippen LogP contribution in [-0.2, 0) is 11.3 Å². The van der Waals surface area contributed by atoms with E-state index in [2.05, 4.69) is 11.9 Å². The van der Waals surface area contributed by atoms with E-state index in [4.69, 9.17) is 0 Å². The third-order valence-corrected chi connectivity index (χ3v) is 5.03. The van der Waals surface area contributed by atoms with Crippen LogP contribution in [0.15, 0.2) is 78.5 Å². The van der Waals surface area contributed by atoms with E-state index in [9.17, 15) is 14.0 Å². The zero-order valence-corrected chi connectivity index (χ0v) is 15.3. The van der Waals surface area contributed by atoms with Crippen LogP contribution in [-0.4, -0.2) is 34.8 Å². The van der Waals surface area contributed by atoms with Crippen LogP contribution in [0.25, 0.3) is 0 Å². The molecule has 0 bridgehead atoms. The van der Waals surface area contributed by atoms with Crippen molar-refractivity contribution in [2.45, 2.75) is 12.6 Å². The van der Waals surface area contributed by atoms with Crippen molar-refractivity contribution in [3.63, 3.8) is 0 Å². The molecule has 142 valence electrons. The van der Waals surface area contributed by atoms with E-state index < -0.39 is 6.04 Å². The van der Waals surface area contributed by atoms with Gasteiger partial charge in [-0.3, -0.25) is 9.69 Å². The fourth-order valence-corrected chi connectivity index (χ4v) is 3.70. The quantitative estimate of drug-likeness (QED) is 0.813. The van der Waals surface area contributed by atoms with Crippen LogP contribution in [0.1, 0.15) is 17.2 Å². The number of benzene rings is 2. The molecule has 2 aromatic rings. The van der Waals surface area contributed by atoms with E-state index in [1.807, 2.05) is 30.3 Å². The summed E-state index contributed by atoms with van der Waals surface area (Å²) in [5.74, 6) is -0.438. The average Bonchev–Trinajstić information content (AvgIpc) is 3.02. The Balaban J connectivity index is 1.68. The summed E-state index contributed by atoms with van der Waals surface area (Å²) in [6, 6.07) is 14.8. The van der Waals surface area contributed by atoms with Gasteiger partial charge >= 0.3 is 6.03 Å². The molecule has 5 nitrogen and oxygen atoms in total. The summed E-state index contributed by atoms with van der Waals surface area (Å²) in [6.45, 7) is 4.72. The van der Waals surface area contributed by atoms with E-state index in [1.54, 1.807) is 28.0 Å². The van der Waals surface area contributed by atoms with Crippen LogP contribution in [0, 0.1) is 5.82 Å². The summed E-state index contributed by atoms with van der Waals surface area (Å²) in [6.07, 6.45) is 1.64. The molecule has 0 aliphatic carbocycles. The van der Waals surface area contributed by atoms with Crippen molar-refractivity contribution in [3.8, 4) is 0 Å². The van der Waals surface area contributed by atoms with Gasteiger partial charge in [-0.1, -0.05) is 48.5 Å². The molecule has 2 aromatic carbocycles. The van der Waals surface area contributed by atoms with E-state index >= 15 is 0 Å². The first-order valence-corrected chi connectivity index (χ1v) is 9.09. The Morgan fingerprint density at radius 2 is 1.82 bits per heavy atom. The highest BCUT2D eigenvalue weighted by molar-refractivity contribution is 6.01. The van der Waals surface area contributed by atoms with Gasteiger partial charge in [0, 0.05) is 13.1 Å². The number of hydrogen-bond acceptors (Lipinski definition) is 2. The fourth-order valence-electron chi connectivity index (χ4n) is 3.70. The summed E-state index contributed by atoms with van der Waals surface area (Å²) in [7, 11) is 0. The Morgan fingerprint density at radius 3 is 2.50 bits per heavy atom. The maximum absolute atomic E-state index is 13.2. The van der Waals surface area contributed by atoms with Crippen molar-refractivity contribution >= 4 is 11.9 Å². The Bertz CT molecular complexity index is 954. The molecular weight excluding hydrogens is 357 g/mol. The minimum atomic E-state index is -0.490. The number of carbonyl (C=O) groups is 2. The smallest absolute Gasteiger partial charge is 0.322 e. The molecule has 0 spiro atoms. The van der Waals surface area contributed by atoms with Crippen LogP contribution >= 0.6 is 0 Å². The normalized spacial score (nSPS) is 19.0. The van der Waals surface area contributed by atoms with E-state index in [0.29, 0.717) is 30.9 Å². The number of halogens is 1. The van der Waals surface area contributed by atoms with E-state index in [-0.39, 0.29) is 17.8 Å². The molecule has 0 saturated carbocycles. The summed E-state index contributed by atoms with van der Waals surface area (Å²) in [5.41, 5.74) is 2.97. The predicted octanol–water partition coefficient (Wildman–Crippen LogP) is 3.37. The van der Waals surface area contributed by atoms with Gasteiger partial charge in [0.1, 0.15) is 5.82 Å².